The highest BCUT2D eigenvalue weighted by atomic mass is 79.9. The summed E-state index contributed by atoms with van der Waals surface area (Å²) in [6.07, 6.45) is 0.409. The van der Waals surface area contributed by atoms with Gasteiger partial charge in [-0.05, 0) is 86.6 Å². The maximum atomic E-state index is 13.6. The third-order valence-electron chi connectivity index (χ3n) is 5.10. The number of para-hydroxylation sites is 1. The molecule has 37 heavy (non-hydrogen) atoms. The quantitative estimate of drug-likeness (QED) is 0.226. The van der Waals surface area contributed by atoms with Crippen molar-refractivity contribution < 1.29 is 8.42 Å². The Hall–Kier alpha value is -1.77. The Balaban J connectivity index is 0.000000465. The van der Waals surface area contributed by atoms with Crippen molar-refractivity contribution in [2.75, 3.05) is 7.05 Å². The zero-order valence-electron chi connectivity index (χ0n) is 22.5. The first kappa shape index (κ1) is 31.4. The van der Waals surface area contributed by atoms with Gasteiger partial charge in [-0.3, -0.25) is 4.72 Å². The monoisotopic (exact) mass is 622 g/mol. The molecule has 0 unspecified atom stereocenters. The second-order valence-corrected chi connectivity index (χ2v) is 14.0. The molecular formula is C29H36BrClN2O2S2. The number of aromatic nitrogens is 1. The standard InChI is InChI=1S/C22H17BrClNO2S.C5H13NS.C2H6/c1-15-9-11-19(12-10-15)28(26,27)25-18(13-16-5-2-3-8-21(16)24)14-17-6-4-7-20(23)22(17)25;1-5(2,3)7-6-4;1-2/h2-12,14H,13H2,1H3;6H,1-4H3;1-2H3. The number of benzene rings is 3. The SMILES string of the molecule is CC.CNSC(C)(C)C.Cc1ccc(S(=O)(=O)n2c(Cc3ccccc3Cl)cc3cccc(Br)c32)cc1. The highest BCUT2D eigenvalue weighted by Crippen LogP contribution is 2.33. The number of halogens is 2. The van der Waals surface area contributed by atoms with E-state index in [0.29, 0.717) is 27.4 Å². The molecule has 1 heterocycles. The minimum Gasteiger partial charge on any atom is -0.267 e. The topological polar surface area (TPSA) is 51.1 Å². The van der Waals surface area contributed by atoms with E-state index in [9.17, 15) is 8.42 Å². The molecule has 0 aliphatic carbocycles. The van der Waals surface area contributed by atoms with E-state index in [1.807, 2.05) is 76.3 Å². The fourth-order valence-corrected chi connectivity index (χ4v) is 6.65. The molecule has 0 spiro atoms. The Bertz CT molecular complexity index is 1410. The Labute approximate surface area is 240 Å². The molecule has 4 rings (SSSR count). The van der Waals surface area contributed by atoms with Gasteiger partial charge in [0.15, 0.2) is 0 Å². The molecule has 8 heteroatoms. The highest BCUT2D eigenvalue weighted by Gasteiger charge is 2.24. The number of aryl methyl sites for hydroxylation is 1. The molecule has 0 saturated carbocycles. The van der Waals surface area contributed by atoms with Crippen molar-refractivity contribution in [2.45, 2.75) is 57.6 Å². The molecule has 0 radical (unpaired) electrons. The van der Waals surface area contributed by atoms with Gasteiger partial charge in [-0.2, -0.15) is 0 Å². The molecule has 0 aliphatic heterocycles. The lowest BCUT2D eigenvalue weighted by atomic mass is 10.1. The van der Waals surface area contributed by atoms with Crippen molar-refractivity contribution in [3.63, 3.8) is 0 Å². The summed E-state index contributed by atoms with van der Waals surface area (Å²) in [6, 6.07) is 22.0. The zero-order chi connectivity index (χ0) is 27.8. The van der Waals surface area contributed by atoms with Gasteiger partial charge in [-0.25, -0.2) is 12.4 Å². The smallest absolute Gasteiger partial charge is 0.267 e. The van der Waals surface area contributed by atoms with Crippen molar-refractivity contribution >= 4 is 60.4 Å². The molecule has 0 aliphatic rings. The van der Waals surface area contributed by atoms with Gasteiger partial charge in [-0.15, -0.1) is 0 Å². The third-order valence-corrected chi connectivity index (χ3v) is 8.69. The van der Waals surface area contributed by atoms with Crippen LogP contribution in [0.25, 0.3) is 10.9 Å². The van der Waals surface area contributed by atoms with Crippen molar-refractivity contribution in [1.82, 2.24) is 8.69 Å². The molecule has 0 bridgehead atoms. The van der Waals surface area contributed by atoms with E-state index in [1.165, 1.54) is 3.97 Å². The first-order valence-corrected chi connectivity index (χ1v) is 15.6. The molecule has 0 saturated heterocycles. The van der Waals surface area contributed by atoms with Crippen LogP contribution in [-0.2, 0) is 16.4 Å². The van der Waals surface area contributed by atoms with Gasteiger partial charge in [0.05, 0.1) is 10.4 Å². The van der Waals surface area contributed by atoms with E-state index in [2.05, 4.69) is 41.4 Å². The van der Waals surface area contributed by atoms with Crippen LogP contribution in [0.2, 0.25) is 5.02 Å². The molecule has 0 fully saturated rings. The summed E-state index contributed by atoms with van der Waals surface area (Å²) in [5.41, 5.74) is 3.18. The van der Waals surface area contributed by atoms with Crippen LogP contribution in [0.15, 0.2) is 82.2 Å². The second-order valence-electron chi connectivity index (χ2n) is 9.08. The summed E-state index contributed by atoms with van der Waals surface area (Å²) in [4.78, 5) is 0.256. The summed E-state index contributed by atoms with van der Waals surface area (Å²) in [7, 11) is -1.84. The molecule has 3 aromatic carbocycles. The van der Waals surface area contributed by atoms with E-state index in [0.717, 1.165) is 21.0 Å². The predicted octanol–water partition coefficient (Wildman–Crippen LogP) is 8.87. The molecule has 4 aromatic rings. The number of nitrogens with zero attached hydrogens (tertiary/aromatic N) is 1. The van der Waals surface area contributed by atoms with E-state index >= 15 is 0 Å². The van der Waals surface area contributed by atoms with Crippen LogP contribution in [-0.4, -0.2) is 24.2 Å². The first-order valence-electron chi connectivity index (χ1n) is 12.1. The van der Waals surface area contributed by atoms with E-state index < -0.39 is 10.0 Å². The van der Waals surface area contributed by atoms with Gasteiger partial charge in [0.1, 0.15) is 0 Å². The van der Waals surface area contributed by atoms with Crippen molar-refractivity contribution in [1.29, 1.82) is 0 Å². The fourth-order valence-electron chi connectivity index (χ4n) is 3.60. The lowest BCUT2D eigenvalue weighted by Gasteiger charge is -2.14. The summed E-state index contributed by atoms with van der Waals surface area (Å²) in [5.74, 6) is 0. The van der Waals surface area contributed by atoms with Crippen LogP contribution in [0.3, 0.4) is 0 Å². The maximum Gasteiger partial charge on any atom is 0.268 e. The molecule has 0 atom stereocenters. The largest absolute Gasteiger partial charge is 0.268 e. The van der Waals surface area contributed by atoms with Gasteiger partial charge < -0.3 is 0 Å². The molecule has 1 aromatic heterocycles. The van der Waals surface area contributed by atoms with Gasteiger partial charge in [-0.1, -0.05) is 85.4 Å². The average Bonchev–Trinajstić information content (AvgIpc) is 3.22. The minimum absolute atomic E-state index is 0.256. The Morgan fingerprint density at radius 3 is 2.14 bits per heavy atom. The summed E-state index contributed by atoms with van der Waals surface area (Å²) >= 11 is 11.6. The average molecular weight is 624 g/mol. The molecule has 0 amide bonds. The number of nitrogens with one attached hydrogen (secondary N) is 1. The minimum atomic E-state index is -3.78. The predicted molar refractivity (Wildman–Crippen MR) is 165 cm³/mol. The van der Waals surface area contributed by atoms with Crippen molar-refractivity contribution in [3.8, 4) is 0 Å². The van der Waals surface area contributed by atoms with E-state index in [4.69, 9.17) is 11.6 Å². The molecule has 4 nitrogen and oxygen atoms in total. The third kappa shape index (κ3) is 8.36. The normalized spacial score (nSPS) is 11.4. The Morgan fingerprint density at radius 2 is 1.59 bits per heavy atom. The fraction of sp³-hybridized carbons (Fsp3) is 0.310. The lowest BCUT2D eigenvalue weighted by Crippen LogP contribution is -2.16. The molecule has 1 N–H and O–H groups in total. The van der Waals surface area contributed by atoms with Crippen LogP contribution in [0.5, 0.6) is 0 Å². The summed E-state index contributed by atoms with van der Waals surface area (Å²) < 4.78 is 32.7. The van der Waals surface area contributed by atoms with Crippen LogP contribution >= 0.6 is 39.5 Å². The van der Waals surface area contributed by atoms with Crippen LogP contribution in [0.1, 0.15) is 51.4 Å². The molecule has 200 valence electrons. The van der Waals surface area contributed by atoms with Gasteiger partial charge in [0.25, 0.3) is 10.0 Å². The maximum absolute atomic E-state index is 13.6. The van der Waals surface area contributed by atoms with Gasteiger partial charge in [0, 0.05) is 31.7 Å². The lowest BCUT2D eigenvalue weighted by molar-refractivity contribution is 0.587. The molecular weight excluding hydrogens is 588 g/mol. The van der Waals surface area contributed by atoms with Gasteiger partial charge >= 0.3 is 0 Å². The van der Waals surface area contributed by atoms with Crippen LogP contribution in [0, 0.1) is 6.92 Å². The second kappa shape index (κ2) is 13.9. The van der Waals surface area contributed by atoms with Gasteiger partial charge in [0.2, 0.25) is 0 Å². The van der Waals surface area contributed by atoms with E-state index in [1.54, 1.807) is 36.2 Å². The Kier molecular flexibility index (Phi) is 11.8. The van der Waals surface area contributed by atoms with Crippen LogP contribution in [0.4, 0.5) is 0 Å². The number of rotatable bonds is 5. The summed E-state index contributed by atoms with van der Waals surface area (Å²) in [5, 5.41) is 1.47. The van der Waals surface area contributed by atoms with Crippen molar-refractivity contribution in [3.05, 3.63) is 99.1 Å². The first-order chi connectivity index (χ1) is 17.4. The number of fused-ring (bicyclic) bond motifs is 1. The zero-order valence-corrected chi connectivity index (χ0v) is 26.4. The number of hydrogen-bond acceptors (Lipinski definition) is 4. The van der Waals surface area contributed by atoms with Crippen molar-refractivity contribution in [2.24, 2.45) is 0 Å². The van der Waals surface area contributed by atoms with Crippen LogP contribution < -0.4 is 4.72 Å². The number of hydrogen-bond donors (Lipinski definition) is 1. The Morgan fingerprint density at radius 1 is 0.973 bits per heavy atom. The summed E-state index contributed by atoms with van der Waals surface area (Å²) in [6.45, 7) is 12.5. The van der Waals surface area contributed by atoms with E-state index in [-0.39, 0.29) is 4.90 Å². The highest BCUT2D eigenvalue weighted by molar-refractivity contribution is 9.10.